The summed E-state index contributed by atoms with van der Waals surface area (Å²) in [7, 11) is -2.13. The second-order valence-corrected chi connectivity index (χ2v) is 9.43. The fourth-order valence-corrected chi connectivity index (χ4v) is 4.52. The van der Waals surface area contributed by atoms with Crippen LogP contribution in [0.1, 0.15) is 36.1 Å². The maximum absolute atomic E-state index is 12.2. The van der Waals surface area contributed by atoms with E-state index in [1.54, 1.807) is 25.3 Å². The van der Waals surface area contributed by atoms with Gasteiger partial charge in [0, 0.05) is 13.3 Å². The van der Waals surface area contributed by atoms with E-state index in [0.717, 1.165) is 28.2 Å². The Balaban J connectivity index is 1.41. The van der Waals surface area contributed by atoms with Gasteiger partial charge in [-0.15, -0.1) is 0 Å². The van der Waals surface area contributed by atoms with Crippen LogP contribution in [0, 0.1) is 0 Å². The van der Waals surface area contributed by atoms with Gasteiger partial charge in [0.2, 0.25) is 5.91 Å². The maximum atomic E-state index is 12.2. The molecule has 1 unspecified atom stereocenters. The number of rotatable bonds is 8. The number of carbonyl (C=O) groups is 1. The molecule has 0 aromatic heterocycles. The Labute approximate surface area is 198 Å². The third-order valence-electron chi connectivity index (χ3n) is 5.48. The molecule has 1 amide bonds. The van der Waals surface area contributed by atoms with E-state index < -0.39 is 10.0 Å². The number of methoxy groups -OCH3 is 1. The number of carbonyl (C=O) groups excluding carboxylic acids is 1. The molecular weight excluding hydrogens is 454 g/mol. The lowest BCUT2D eigenvalue weighted by atomic mass is 9.98. The lowest BCUT2D eigenvalue weighted by molar-refractivity contribution is -0.130. The van der Waals surface area contributed by atoms with Crippen LogP contribution in [-0.4, -0.2) is 32.2 Å². The Bertz CT molecular complexity index is 1270. The Kier molecular flexibility index (Phi) is 7.06. The van der Waals surface area contributed by atoms with Gasteiger partial charge in [-0.05, 0) is 41.0 Å². The van der Waals surface area contributed by atoms with Crippen molar-refractivity contribution in [1.29, 1.82) is 0 Å². The molecule has 0 fully saturated rings. The molecule has 4 rings (SSSR count). The van der Waals surface area contributed by atoms with E-state index in [2.05, 4.69) is 9.99 Å². The van der Waals surface area contributed by atoms with Crippen molar-refractivity contribution in [2.24, 2.45) is 5.10 Å². The summed E-state index contributed by atoms with van der Waals surface area (Å²) in [6.07, 6.45) is 0.582. The lowest BCUT2D eigenvalue weighted by Crippen LogP contribution is -2.24. The minimum Gasteiger partial charge on any atom is -0.497 e. The van der Waals surface area contributed by atoms with Gasteiger partial charge in [-0.2, -0.15) is 5.10 Å². The molecule has 1 N–H and O–H groups in total. The fraction of sp³-hybridized carbons (Fsp3) is 0.200. The number of sulfonamides is 1. The summed E-state index contributed by atoms with van der Waals surface area (Å²) in [5, 5.41) is 6.07. The molecular formula is C25H25N3O5S. The number of ether oxygens (including phenoxy) is 1. The van der Waals surface area contributed by atoms with Gasteiger partial charge in [-0.1, -0.05) is 59.5 Å². The highest BCUT2D eigenvalue weighted by Crippen LogP contribution is 2.33. The molecule has 3 aromatic rings. The first-order chi connectivity index (χ1) is 16.4. The van der Waals surface area contributed by atoms with Crippen LogP contribution in [0.4, 0.5) is 0 Å². The molecule has 0 saturated carbocycles. The van der Waals surface area contributed by atoms with Crippen LogP contribution in [0.25, 0.3) is 0 Å². The molecule has 1 atom stereocenters. The minimum atomic E-state index is -3.74. The lowest BCUT2D eigenvalue weighted by Gasteiger charge is -2.20. The van der Waals surface area contributed by atoms with E-state index in [9.17, 15) is 13.2 Å². The predicted octanol–water partition coefficient (Wildman–Crippen LogP) is 3.80. The summed E-state index contributed by atoms with van der Waals surface area (Å²) >= 11 is 0. The first-order valence-electron chi connectivity index (χ1n) is 10.7. The van der Waals surface area contributed by atoms with Crippen molar-refractivity contribution < 1.29 is 22.8 Å². The third kappa shape index (κ3) is 5.33. The summed E-state index contributed by atoms with van der Waals surface area (Å²) in [5.41, 5.74) is 3.45. The molecule has 34 heavy (non-hydrogen) atoms. The van der Waals surface area contributed by atoms with E-state index in [-0.39, 0.29) is 23.5 Å². The Morgan fingerprint density at radius 2 is 1.71 bits per heavy atom. The standard InChI is InChI=1S/C25H25N3O5S/c1-18(29)28-25(21-12-14-22(32-2)15-13-21)16-24(26-28)20-10-8-19(9-11-20)17-33-27-34(30,31)23-6-4-3-5-7-23/h3-15,25,27H,16-17H2,1-2H3. The molecule has 0 radical (unpaired) electrons. The number of amides is 1. The van der Waals surface area contributed by atoms with Crippen molar-refractivity contribution in [2.75, 3.05) is 7.11 Å². The summed E-state index contributed by atoms with van der Waals surface area (Å²) < 4.78 is 29.7. The molecule has 0 spiro atoms. The second-order valence-electron chi connectivity index (χ2n) is 7.79. The van der Waals surface area contributed by atoms with E-state index in [1.165, 1.54) is 24.1 Å². The number of benzene rings is 3. The van der Waals surface area contributed by atoms with Gasteiger partial charge >= 0.3 is 0 Å². The zero-order valence-corrected chi connectivity index (χ0v) is 19.7. The molecule has 0 aliphatic carbocycles. The first-order valence-corrected chi connectivity index (χ1v) is 12.1. The van der Waals surface area contributed by atoms with Gasteiger partial charge < -0.3 is 4.74 Å². The van der Waals surface area contributed by atoms with Crippen LogP contribution < -0.4 is 9.62 Å². The highest BCUT2D eigenvalue weighted by Gasteiger charge is 2.31. The topological polar surface area (TPSA) is 97.3 Å². The van der Waals surface area contributed by atoms with Gasteiger partial charge in [-0.3, -0.25) is 9.63 Å². The zero-order valence-electron chi connectivity index (χ0n) is 18.8. The average Bonchev–Trinajstić information content (AvgIpc) is 3.31. The van der Waals surface area contributed by atoms with Gasteiger partial charge in [0.05, 0.1) is 30.4 Å². The molecule has 9 heteroatoms. The molecule has 0 saturated heterocycles. The first kappa shape index (κ1) is 23.6. The minimum absolute atomic E-state index is 0.0624. The summed E-state index contributed by atoms with van der Waals surface area (Å²) in [6.45, 7) is 1.56. The maximum Gasteiger partial charge on any atom is 0.262 e. The Morgan fingerprint density at radius 1 is 1.03 bits per heavy atom. The second kappa shape index (κ2) is 10.2. The Morgan fingerprint density at radius 3 is 2.32 bits per heavy atom. The van der Waals surface area contributed by atoms with Gasteiger partial charge in [0.25, 0.3) is 10.0 Å². The van der Waals surface area contributed by atoms with Crippen LogP contribution in [-0.2, 0) is 26.3 Å². The Hall–Kier alpha value is -3.53. The number of hydrazone groups is 1. The van der Waals surface area contributed by atoms with Gasteiger partial charge in [0.15, 0.2) is 0 Å². The van der Waals surface area contributed by atoms with Crippen LogP contribution in [0.5, 0.6) is 5.75 Å². The largest absolute Gasteiger partial charge is 0.497 e. The molecule has 1 heterocycles. The number of hydrogen-bond acceptors (Lipinski definition) is 6. The van der Waals surface area contributed by atoms with Crippen LogP contribution in [0.15, 0.2) is 88.9 Å². The quantitative estimate of drug-likeness (QED) is 0.496. The fourth-order valence-electron chi connectivity index (χ4n) is 3.69. The molecule has 0 bridgehead atoms. The summed E-state index contributed by atoms with van der Waals surface area (Å²) in [5.74, 6) is 0.618. The van der Waals surface area contributed by atoms with Crippen molar-refractivity contribution in [3.8, 4) is 5.75 Å². The van der Waals surface area contributed by atoms with E-state index in [0.29, 0.717) is 6.42 Å². The molecule has 1 aliphatic rings. The van der Waals surface area contributed by atoms with Crippen LogP contribution >= 0.6 is 0 Å². The highest BCUT2D eigenvalue weighted by atomic mass is 32.2. The van der Waals surface area contributed by atoms with Crippen molar-refractivity contribution >= 4 is 21.6 Å². The molecule has 8 nitrogen and oxygen atoms in total. The van der Waals surface area contributed by atoms with Crippen molar-refractivity contribution in [1.82, 2.24) is 9.89 Å². The zero-order chi connectivity index (χ0) is 24.1. The summed E-state index contributed by atoms with van der Waals surface area (Å²) in [6, 6.07) is 22.9. The van der Waals surface area contributed by atoms with Crippen molar-refractivity contribution in [3.05, 3.63) is 95.6 Å². The normalized spacial score (nSPS) is 15.8. The average molecular weight is 480 g/mol. The van der Waals surface area contributed by atoms with E-state index >= 15 is 0 Å². The van der Waals surface area contributed by atoms with E-state index in [4.69, 9.17) is 9.57 Å². The summed E-state index contributed by atoms with van der Waals surface area (Å²) in [4.78, 5) is 19.7. The number of hydrogen-bond donors (Lipinski definition) is 1. The van der Waals surface area contributed by atoms with Gasteiger partial charge in [0.1, 0.15) is 5.75 Å². The van der Waals surface area contributed by atoms with Crippen molar-refractivity contribution in [2.45, 2.75) is 30.9 Å². The predicted molar refractivity (Wildman–Crippen MR) is 127 cm³/mol. The third-order valence-corrected chi connectivity index (χ3v) is 6.71. The number of nitrogens with one attached hydrogen (secondary N) is 1. The smallest absolute Gasteiger partial charge is 0.262 e. The van der Waals surface area contributed by atoms with Crippen molar-refractivity contribution in [3.63, 3.8) is 0 Å². The van der Waals surface area contributed by atoms with E-state index in [1.807, 2.05) is 48.5 Å². The monoisotopic (exact) mass is 479 g/mol. The van der Waals surface area contributed by atoms with Gasteiger partial charge in [-0.25, -0.2) is 13.4 Å². The highest BCUT2D eigenvalue weighted by molar-refractivity contribution is 7.89. The molecule has 176 valence electrons. The molecule has 1 aliphatic heterocycles. The molecule has 3 aromatic carbocycles. The SMILES string of the molecule is COc1ccc(C2CC(c3ccc(CONS(=O)(=O)c4ccccc4)cc3)=NN2C(C)=O)cc1. The van der Waals surface area contributed by atoms with Crippen LogP contribution in [0.2, 0.25) is 0 Å². The number of nitrogens with zero attached hydrogens (tertiary/aromatic N) is 2. The van der Waals surface area contributed by atoms with Crippen LogP contribution in [0.3, 0.4) is 0 Å².